The largest absolute Gasteiger partial charge is 0.353 e. The van der Waals surface area contributed by atoms with Gasteiger partial charge in [-0.2, -0.15) is 8.42 Å². The third-order valence-corrected chi connectivity index (χ3v) is 6.10. The molecule has 3 aliphatic rings. The molecule has 8 nitrogen and oxygen atoms in total. The highest BCUT2D eigenvalue weighted by Gasteiger charge is 2.41. The van der Waals surface area contributed by atoms with Crippen LogP contribution in [-0.4, -0.2) is 68.1 Å². The van der Waals surface area contributed by atoms with Gasteiger partial charge in [-0.25, -0.2) is 0 Å². The normalized spacial score (nSPS) is 24.7. The minimum atomic E-state index is -3.72. The van der Waals surface area contributed by atoms with E-state index in [9.17, 15) is 18.0 Å². The van der Waals surface area contributed by atoms with Crippen LogP contribution < -0.4 is 5.32 Å². The molecule has 2 saturated heterocycles. The Morgan fingerprint density at radius 1 is 1.24 bits per heavy atom. The molecule has 3 aliphatic heterocycles. The van der Waals surface area contributed by atoms with Crippen molar-refractivity contribution in [3.05, 3.63) is 29.8 Å². The van der Waals surface area contributed by atoms with Crippen molar-refractivity contribution in [1.29, 1.82) is 0 Å². The average molecular weight is 362 g/mol. The first-order chi connectivity index (χ1) is 12.0. The van der Waals surface area contributed by atoms with Gasteiger partial charge in [0.1, 0.15) is 10.9 Å². The van der Waals surface area contributed by atoms with Gasteiger partial charge in [-0.1, -0.05) is 12.1 Å². The number of piperazine rings is 1. The summed E-state index contributed by atoms with van der Waals surface area (Å²) in [6.45, 7) is 1.52. The second kappa shape index (κ2) is 5.83. The van der Waals surface area contributed by atoms with E-state index < -0.39 is 16.1 Å². The van der Waals surface area contributed by atoms with Gasteiger partial charge in [0.2, 0.25) is 11.8 Å². The van der Waals surface area contributed by atoms with Crippen molar-refractivity contribution in [2.24, 2.45) is 4.40 Å². The van der Waals surface area contributed by atoms with E-state index in [2.05, 4.69) is 9.71 Å². The highest BCUT2D eigenvalue weighted by Crippen LogP contribution is 2.31. The van der Waals surface area contributed by atoms with Crippen LogP contribution in [0.4, 0.5) is 0 Å². The third-order valence-electron chi connectivity index (χ3n) is 4.77. The van der Waals surface area contributed by atoms with Gasteiger partial charge >= 0.3 is 0 Å². The lowest BCUT2D eigenvalue weighted by Gasteiger charge is -2.33. The van der Waals surface area contributed by atoms with Crippen LogP contribution in [-0.2, 0) is 19.6 Å². The van der Waals surface area contributed by atoms with Crippen LogP contribution in [0, 0.1) is 0 Å². The number of nitrogens with one attached hydrogen (secondary N) is 1. The van der Waals surface area contributed by atoms with Gasteiger partial charge in [-0.05, 0) is 25.0 Å². The van der Waals surface area contributed by atoms with Gasteiger partial charge in [-0.15, -0.1) is 4.40 Å². The van der Waals surface area contributed by atoms with Crippen molar-refractivity contribution in [2.45, 2.75) is 23.8 Å². The Balaban J connectivity index is 1.65. The molecule has 0 aromatic heterocycles. The average Bonchev–Trinajstić information content (AvgIpc) is 3.17. The van der Waals surface area contributed by atoms with E-state index in [1.807, 2.05) is 0 Å². The van der Waals surface area contributed by atoms with E-state index in [1.54, 1.807) is 23.1 Å². The van der Waals surface area contributed by atoms with Crippen LogP contribution in [0.15, 0.2) is 33.6 Å². The number of hydrogen-bond donors (Lipinski definition) is 1. The molecule has 25 heavy (non-hydrogen) atoms. The summed E-state index contributed by atoms with van der Waals surface area (Å²) in [5, 5.41) is 2.70. The number of likely N-dealkylation sites (tertiary alicyclic amines) is 1. The molecule has 0 radical (unpaired) electrons. The van der Waals surface area contributed by atoms with Crippen molar-refractivity contribution in [1.82, 2.24) is 15.1 Å². The predicted octanol–water partition coefficient (Wildman–Crippen LogP) is -0.442. The number of rotatable bonds is 1. The van der Waals surface area contributed by atoms with E-state index >= 15 is 0 Å². The SMILES string of the molecule is O=C1CN(C(=O)C2CCCN2C2=NS(=O)(=O)c3ccccc32)CCN1. The van der Waals surface area contributed by atoms with Gasteiger partial charge in [0.15, 0.2) is 5.84 Å². The smallest absolute Gasteiger partial charge is 0.285 e. The van der Waals surface area contributed by atoms with E-state index in [-0.39, 0.29) is 23.3 Å². The predicted molar refractivity (Wildman–Crippen MR) is 89.5 cm³/mol. The number of carbonyl (C=O) groups is 2. The maximum Gasteiger partial charge on any atom is 0.285 e. The van der Waals surface area contributed by atoms with Crippen LogP contribution in [0.25, 0.3) is 0 Å². The Kier molecular flexibility index (Phi) is 3.75. The number of sulfonamides is 1. The summed E-state index contributed by atoms with van der Waals surface area (Å²) in [5.74, 6) is 0.0278. The zero-order chi connectivity index (χ0) is 17.6. The number of hydrogen-bond acceptors (Lipinski definition) is 5. The van der Waals surface area contributed by atoms with Gasteiger partial charge in [0.05, 0.1) is 6.54 Å². The number of carbonyl (C=O) groups excluding carboxylic acids is 2. The molecule has 3 heterocycles. The maximum atomic E-state index is 12.9. The molecule has 2 fully saturated rings. The van der Waals surface area contributed by atoms with Gasteiger partial charge in [-0.3, -0.25) is 9.59 Å². The molecule has 0 spiro atoms. The van der Waals surface area contributed by atoms with Gasteiger partial charge in [0, 0.05) is 25.2 Å². The summed E-state index contributed by atoms with van der Waals surface area (Å²) in [5.41, 5.74) is 0.540. The molecule has 1 aromatic carbocycles. The second-order valence-corrected chi connectivity index (χ2v) is 7.92. The Bertz CT molecular complexity index is 880. The number of amidine groups is 1. The fraction of sp³-hybridized carbons (Fsp3) is 0.438. The highest BCUT2D eigenvalue weighted by atomic mass is 32.2. The van der Waals surface area contributed by atoms with E-state index in [4.69, 9.17) is 0 Å². The summed E-state index contributed by atoms with van der Waals surface area (Å²) in [4.78, 5) is 27.9. The third kappa shape index (κ3) is 2.68. The molecule has 4 rings (SSSR count). The standard InChI is InChI=1S/C16H18N4O4S/c21-14-10-19(9-7-17-14)16(22)12-5-3-8-20(12)15-11-4-1-2-6-13(11)25(23,24)18-15/h1-2,4,6,12H,3,5,7-10H2,(H,17,21). The Morgan fingerprint density at radius 2 is 2.04 bits per heavy atom. The molecule has 0 saturated carbocycles. The first-order valence-electron chi connectivity index (χ1n) is 8.24. The topological polar surface area (TPSA) is 99.2 Å². The molecule has 1 atom stereocenters. The van der Waals surface area contributed by atoms with Gasteiger partial charge in [0.25, 0.3) is 10.0 Å². The van der Waals surface area contributed by atoms with Gasteiger partial charge < -0.3 is 15.1 Å². The minimum absolute atomic E-state index is 0.0462. The molecule has 0 aliphatic carbocycles. The van der Waals surface area contributed by atoms with Crippen LogP contribution in [0.1, 0.15) is 18.4 Å². The quantitative estimate of drug-likeness (QED) is 0.730. The first-order valence-corrected chi connectivity index (χ1v) is 9.68. The van der Waals surface area contributed by atoms with E-state index in [0.717, 1.165) is 6.42 Å². The summed E-state index contributed by atoms with van der Waals surface area (Å²) < 4.78 is 28.5. The lowest BCUT2D eigenvalue weighted by molar-refractivity contribution is -0.140. The fourth-order valence-electron chi connectivity index (χ4n) is 3.61. The molecule has 1 N–H and O–H groups in total. The summed E-state index contributed by atoms with van der Waals surface area (Å²) >= 11 is 0. The zero-order valence-electron chi connectivity index (χ0n) is 13.5. The summed E-state index contributed by atoms with van der Waals surface area (Å²) in [7, 11) is -3.72. The lowest BCUT2D eigenvalue weighted by Crippen LogP contribution is -2.55. The Hall–Kier alpha value is -2.42. The maximum absolute atomic E-state index is 12.9. The molecular weight excluding hydrogens is 344 g/mol. The van der Waals surface area contributed by atoms with Crippen LogP contribution in [0.3, 0.4) is 0 Å². The molecule has 132 valence electrons. The molecule has 0 bridgehead atoms. The molecule has 1 aromatic rings. The number of fused-ring (bicyclic) bond motifs is 1. The molecular formula is C16H18N4O4S. The number of nitrogens with zero attached hydrogens (tertiary/aromatic N) is 3. The minimum Gasteiger partial charge on any atom is -0.353 e. The van der Waals surface area contributed by atoms with E-state index in [0.29, 0.717) is 37.5 Å². The van der Waals surface area contributed by atoms with Crippen molar-refractivity contribution >= 4 is 27.7 Å². The molecule has 2 amide bonds. The summed E-state index contributed by atoms with van der Waals surface area (Å²) in [6.07, 6.45) is 1.40. The number of amides is 2. The van der Waals surface area contributed by atoms with Crippen molar-refractivity contribution < 1.29 is 18.0 Å². The fourth-order valence-corrected chi connectivity index (χ4v) is 4.83. The Labute approximate surface area is 145 Å². The number of benzene rings is 1. The summed E-state index contributed by atoms with van der Waals surface area (Å²) in [6, 6.07) is 6.19. The second-order valence-electron chi connectivity index (χ2n) is 6.35. The molecule has 9 heteroatoms. The van der Waals surface area contributed by atoms with Crippen LogP contribution in [0.5, 0.6) is 0 Å². The first kappa shape index (κ1) is 16.1. The monoisotopic (exact) mass is 362 g/mol. The molecule has 1 unspecified atom stereocenters. The highest BCUT2D eigenvalue weighted by molar-refractivity contribution is 7.90. The zero-order valence-corrected chi connectivity index (χ0v) is 14.3. The van der Waals surface area contributed by atoms with Crippen molar-refractivity contribution in [3.63, 3.8) is 0 Å². The van der Waals surface area contributed by atoms with Crippen LogP contribution >= 0.6 is 0 Å². The van der Waals surface area contributed by atoms with Crippen molar-refractivity contribution in [3.8, 4) is 0 Å². The van der Waals surface area contributed by atoms with Crippen molar-refractivity contribution in [2.75, 3.05) is 26.2 Å². The Morgan fingerprint density at radius 3 is 2.84 bits per heavy atom. The lowest BCUT2D eigenvalue weighted by atomic mass is 10.1. The van der Waals surface area contributed by atoms with E-state index in [1.165, 1.54) is 11.0 Å². The van der Waals surface area contributed by atoms with Crippen LogP contribution in [0.2, 0.25) is 0 Å².